The van der Waals surface area contributed by atoms with Gasteiger partial charge >= 0.3 is 0 Å². The second-order valence-electron chi connectivity index (χ2n) is 6.44. The lowest BCUT2D eigenvalue weighted by molar-refractivity contribution is -0.127. The summed E-state index contributed by atoms with van der Waals surface area (Å²) in [5.41, 5.74) is 0. The quantitative estimate of drug-likeness (QED) is 0.581. The second-order valence-corrected chi connectivity index (χ2v) is 6.44. The van der Waals surface area contributed by atoms with Gasteiger partial charge in [0.2, 0.25) is 0 Å². The third kappa shape index (κ3) is 6.56. The zero-order valence-electron chi connectivity index (χ0n) is 13.3. The summed E-state index contributed by atoms with van der Waals surface area (Å²) in [6, 6.07) is 0. The van der Waals surface area contributed by atoms with Crippen LogP contribution in [-0.2, 0) is 4.79 Å². The molecule has 1 aliphatic heterocycles. The normalized spacial score (nSPS) is 18.1. The third-order valence-corrected chi connectivity index (χ3v) is 4.39. The summed E-state index contributed by atoms with van der Waals surface area (Å²) in [6.07, 6.45) is 10.4. The number of hydrogen-bond donors (Lipinski definition) is 0. The number of piperidine rings is 1. The summed E-state index contributed by atoms with van der Waals surface area (Å²) in [5, 5.41) is 0. The number of nitrogens with zero attached hydrogens (tertiary/aromatic N) is 1. The van der Waals surface area contributed by atoms with Crippen LogP contribution in [0.25, 0.3) is 0 Å². The van der Waals surface area contributed by atoms with Crippen LogP contribution in [0.1, 0.15) is 72.1 Å². The first-order chi connectivity index (χ1) is 9.15. The highest BCUT2D eigenvalue weighted by molar-refractivity contribution is 5.82. The Balaban J connectivity index is 2.05. The maximum atomic E-state index is 11.9. The van der Waals surface area contributed by atoms with E-state index < -0.39 is 0 Å². The van der Waals surface area contributed by atoms with Gasteiger partial charge in [0.15, 0.2) is 0 Å². The van der Waals surface area contributed by atoms with Gasteiger partial charge in [0.05, 0.1) is 0 Å². The molecule has 0 aromatic heterocycles. The number of ketones is 1. The molecule has 0 aromatic carbocycles. The Morgan fingerprint density at radius 1 is 1.05 bits per heavy atom. The van der Waals surface area contributed by atoms with Gasteiger partial charge in [0.25, 0.3) is 0 Å². The van der Waals surface area contributed by atoms with Crippen LogP contribution in [0, 0.1) is 11.8 Å². The van der Waals surface area contributed by atoms with Crippen LogP contribution in [0.4, 0.5) is 0 Å². The predicted octanol–water partition coefficient (Wildman–Crippen LogP) is 4.28. The molecule has 1 rings (SSSR count). The van der Waals surface area contributed by atoms with Gasteiger partial charge in [-0.2, -0.15) is 0 Å². The minimum atomic E-state index is 0.218. The second kappa shape index (κ2) is 9.52. The molecule has 1 aliphatic rings. The zero-order chi connectivity index (χ0) is 14.1. The van der Waals surface area contributed by atoms with Crippen molar-refractivity contribution >= 4 is 5.78 Å². The predicted molar refractivity (Wildman–Crippen MR) is 82.4 cm³/mol. The van der Waals surface area contributed by atoms with E-state index in [0.29, 0.717) is 11.7 Å². The lowest BCUT2D eigenvalue weighted by Crippen LogP contribution is -2.37. The molecule has 2 heteroatoms. The molecule has 19 heavy (non-hydrogen) atoms. The minimum absolute atomic E-state index is 0.218. The number of hydrogen-bond acceptors (Lipinski definition) is 2. The van der Waals surface area contributed by atoms with Gasteiger partial charge in [-0.1, -0.05) is 52.9 Å². The Kier molecular flexibility index (Phi) is 8.36. The summed E-state index contributed by atoms with van der Waals surface area (Å²) in [6.45, 7) is 9.85. The fraction of sp³-hybridized carbons (Fsp3) is 0.941. The molecule has 0 saturated carbocycles. The summed E-state index contributed by atoms with van der Waals surface area (Å²) in [5.74, 6) is 1.05. The maximum absolute atomic E-state index is 11.9. The summed E-state index contributed by atoms with van der Waals surface area (Å²) in [4.78, 5) is 14.5. The van der Waals surface area contributed by atoms with Gasteiger partial charge in [-0.15, -0.1) is 0 Å². The van der Waals surface area contributed by atoms with E-state index in [1.165, 1.54) is 45.1 Å². The molecule has 1 saturated heterocycles. The average molecular weight is 267 g/mol. The number of carbonyl (C=O) groups excluding carboxylic acids is 1. The van der Waals surface area contributed by atoms with E-state index in [1.54, 1.807) is 0 Å². The molecular formula is C17H33NO. The summed E-state index contributed by atoms with van der Waals surface area (Å²) in [7, 11) is 0. The van der Waals surface area contributed by atoms with Crippen LogP contribution in [0.5, 0.6) is 0 Å². The topological polar surface area (TPSA) is 20.3 Å². The molecule has 2 nitrogen and oxygen atoms in total. The first kappa shape index (κ1) is 16.7. The molecule has 0 unspecified atom stereocenters. The van der Waals surface area contributed by atoms with Gasteiger partial charge in [0, 0.05) is 11.8 Å². The molecule has 1 fully saturated rings. The molecule has 0 aliphatic carbocycles. The van der Waals surface area contributed by atoms with Crippen LogP contribution in [0.15, 0.2) is 0 Å². The van der Waals surface area contributed by atoms with E-state index >= 15 is 0 Å². The molecule has 1 heterocycles. The van der Waals surface area contributed by atoms with Crippen molar-refractivity contribution in [2.45, 2.75) is 72.1 Å². The van der Waals surface area contributed by atoms with Gasteiger partial charge in [0.1, 0.15) is 5.78 Å². The highest BCUT2D eigenvalue weighted by Crippen LogP contribution is 2.21. The van der Waals surface area contributed by atoms with Gasteiger partial charge in [-0.3, -0.25) is 4.79 Å². The summed E-state index contributed by atoms with van der Waals surface area (Å²) >= 11 is 0. The Bertz CT molecular complexity index is 242. The molecule has 0 N–H and O–H groups in total. The van der Waals surface area contributed by atoms with Crippen LogP contribution in [0.2, 0.25) is 0 Å². The number of likely N-dealkylation sites (tertiary alicyclic amines) is 1. The molecular weight excluding hydrogens is 234 g/mol. The Morgan fingerprint density at radius 3 is 2.21 bits per heavy atom. The van der Waals surface area contributed by atoms with E-state index in [1.807, 2.05) is 13.8 Å². The maximum Gasteiger partial charge on any atom is 0.138 e. The lowest BCUT2D eigenvalue weighted by Gasteiger charge is -2.31. The molecule has 112 valence electrons. The van der Waals surface area contributed by atoms with Crippen LogP contribution in [0.3, 0.4) is 0 Å². The summed E-state index contributed by atoms with van der Waals surface area (Å²) < 4.78 is 0. The van der Waals surface area contributed by atoms with Gasteiger partial charge in [-0.25, -0.2) is 0 Å². The monoisotopic (exact) mass is 267 g/mol. The van der Waals surface area contributed by atoms with Crippen molar-refractivity contribution in [3.8, 4) is 0 Å². The third-order valence-electron chi connectivity index (χ3n) is 4.39. The van der Waals surface area contributed by atoms with E-state index in [4.69, 9.17) is 0 Å². The van der Waals surface area contributed by atoms with Crippen LogP contribution < -0.4 is 0 Å². The smallest absolute Gasteiger partial charge is 0.138 e. The largest absolute Gasteiger partial charge is 0.303 e. The van der Waals surface area contributed by atoms with Crippen molar-refractivity contribution in [2.24, 2.45) is 11.8 Å². The van der Waals surface area contributed by atoms with Gasteiger partial charge in [-0.05, 0) is 38.9 Å². The first-order valence-corrected chi connectivity index (χ1v) is 8.41. The zero-order valence-corrected chi connectivity index (χ0v) is 13.3. The van der Waals surface area contributed by atoms with E-state index in [-0.39, 0.29) is 5.92 Å². The molecule has 0 amide bonds. The lowest BCUT2D eigenvalue weighted by atomic mass is 9.87. The fourth-order valence-electron chi connectivity index (χ4n) is 3.03. The highest BCUT2D eigenvalue weighted by atomic mass is 16.1. The van der Waals surface area contributed by atoms with Crippen molar-refractivity contribution in [1.82, 2.24) is 4.90 Å². The van der Waals surface area contributed by atoms with E-state index in [9.17, 15) is 4.79 Å². The fourth-order valence-corrected chi connectivity index (χ4v) is 3.03. The Labute approximate surface area is 119 Å². The van der Waals surface area contributed by atoms with Crippen LogP contribution in [-0.4, -0.2) is 30.3 Å². The Morgan fingerprint density at radius 2 is 1.63 bits per heavy atom. The SMILES string of the molecule is CCCCCCCCN1CCC(C(=O)C(C)C)CC1. The highest BCUT2D eigenvalue weighted by Gasteiger charge is 2.25. The molecule has 0 spiro atoms. The van der Waals surface area contributed by atoms with E-state index in [2.05, 4.69) is 11.8 Å². The van der Waals surface area contributed by atoms with Crippen molar-refractivity contribution in [2.75, 3.05) is 19.6 Å². The number of Topliss-reactive ketones (excluding diaryl/α,β-unsaturated/α-hetero) is 1. The number of rotatable bonds is 9. The molecule has 0 atom stereocenters. The standard InChI is InChI=1S/C17H33NO/c1-4-5-6-7-8-9-12-18-13-10-16(11-14-18)17(19)15(2)3/h15-16H,4-14H2,1-3H3. The molecule has 0 aromatic rings. The van der Waals surface area contributed by atoms with Gasteiger partial charge < -0.3 is 4.90 Å². The minimum Gasteiger partial charge on any atom is -0.303 e. The number of carbonyl (C=O) groups is 1. The first-order valence-electron chi connectivity index (χ1n) is 8.41. The number of unbranched alkanes of at least 4 members (excludes halogenated alkanes) is 5. The molecule has 0 bridgehead atoms. The van der Waals surface area contributed by atoms with E-state index in [0.717, 1.165) is 25.9 Å². The average Bonchev–Trinajstić information content (AvgIpc) is 2.42. The van der Waals surface area contributed by atoms with Crippen molar-refractivity contribution in [3.63, 3.8) is 0 Å². The molecule has 0 radical (unpaired) electrons. The van der Waals surface area contributed by atoms with Crippen molar-refractivity contribution in [1.29, 1.82) is 0 Å². The van der Waals surface area contributed by atoms with Crippen molar-refractivity contribution in [3.05, 3.63) is 0 Å². The van der Waals surface area contributed by atoms with Crippen LogP contribution >= 0.6 is 0 Å². The Hall–Kier alpha value is -0.370. The van der Waals surface area contributed by atoms with Crippen molar-refractivity contribution < 1.29 is 4.79 Å².